The van der Waals surface area contributed by atoms with Gasteiger partial charge in [0.05, 0.1) is 24.0 Å². The largest absolute Gasteiger partial charge is 0.467 e. The number of carbonyl (C=O) groups is 1. The number of nitrogens with zero attached hydrogens (tertiary/aromatic N) is 1. The Hall–Kier alpha value is -1.75. The number of amides is 1. The van der Waals surface area contributed by atoms with Crippen molar-refractivity contribution in [3.8, 4) is 0 Å². The average Bonchev–Trinajstić information content (AvgIpc) is 2.84. The molecule has 0 aliphatic carbocycles. The zero-order valence-electron chi connectivity index (χ0n) is 7.66. The molecule has 0 saturated heterocycles. The molecule has 0 saturated carbocycles. The summed E-state index contributed by atoms with van der Waals surface area (Å²) in [5.74, 6) is 0.368. The summed E-state index contributed by atoms with van der Waals surface area (Å²) in [5.41, 5.74) is 0.253. The third kappa shape index (κ3) is 2.19. The number of carbonyl (C=O) groups excluding carboxylic acids is 1. The Bertz CT molecular complexity index is 450. The van der Waals surface area contributed by atoms with Crippen molar-refractivity contribution in [3.05, 3.63) is 41.1 Å². The minimum atomic E-state index is -0.311. The van der Waals surface area contributed by atoms with Gasteiger partial charge in [-0.05, 0) is 12.1 Å². The summed E-state index contributed by atoms with van der Waals surface area (Å²) in [5, 5.41) is 9.10. The van der Waals surface area contributed by atoms with Gasteiger partial charge in [-0.2, -0.15) is 5.10 Å². The van der Waals surface area contributed by atoms with E-state index in [1.807, 2.05) is 0 Å². The van der Waals surface area contributed by atoms with E-state index in [0.29, 0.717) is 17.3 Å². The van der Waals surface area contributed by atoms with Gasteiger partial charge in [0.25, 0.3) is 5.91 Å². The minimum Gasteiger partial charge on any atom is -0.467 e. The molecule has 2 N–H and O–H groups in total. The molecule has 6 heteroatoms. The van der Waals surface area contributed by atoms with Gasteiger partial charge in [0, 0.05) is 0 Å². The predicted molar refractivity (Wildman–Crippen MR) is 53.5 cm³/mol. The highest BCUT2D eigenvalue weighted by Crippen LogP contribution is 2.11. The van der Waals surface area contributed by atoms with Crippen molar-refractivity contribution in [2.24, 2.45) is 0 Å². The molecular formula is C9H8ClN3O2. The number of hydrogen-bond acceptors (Lipinski definition) is 3. The highest BCUT2D eigenvalue weighted by Gasteiger charge is 2.11. The first-order chi connectivity index (χ1) is 7.27. The second-order valence-electron chi connectivity index (χ2n) is 2.85. The van der Waals surface area contributed by atoms with Crippen LogP contribution in [-0.4, -0.2) is 16.1 Å². The van der Waals surface area contributed by atoms with Crippen molar-refractivity contribution in [2.45, 2.75) is 6.54 Å². The standard InChI is InChI=1S/C9H8ClN3O2/c10-7-5-12-13-8(7)9(14)11-4-6-2-1-3-15-6/h1-3,5H,4H2,(H,11,14)(H,12,13). The van der Waals surface area contributed by atoms with Gasteiger partial charge < -0.3 is 9.73 Å². The maximum Gasteiger partial charge on any atom is 0.271 e. The van der Waals surface area contributed by atoms with Crippen LogP contribution < -0.4 is 5.32 Å². The summed E-state index contributed by atoms with van der Waals surface area (Å²) < 4.78 is 5.06. The molecule has 78 valence electrons. The summed E-state index contributed by atoms with van der Waals surface area (Å²) in [6.07, 6.45) is 2.92. The Morgan fingerprint density at radius 2 is 2.53 bits per heavy atom. The molecule has 5 nitrogen and oxygen atoms in total. The lowest BCUT2D eigenvalue weighted by Gasteiger charge is -2.00. The van der Waals surface area contributed by atoms with E-state index in [9.17, 15) is 4.79 Å². The molecule has 2 aromatic rings. The van der Waals surface area contributed by atoms with Gasteiger partial charge in [-0.1, -0.05) is 11.6 Å². The molecule has 0 aliphatic heterocycles. The van der Waals surface area contributed by atoms with Gasteiger partial charge in [-0.3, -0.25) is 9.89 Å². The van der Waals surface area contributed by atoms with Crippen LogP contribution in [0.3, 0.4) is 0 Å². The Labute approximate surface area is 90.4 Å². The van der Waals surface area contributed by atoms with E-state index in [1.165, 1.54) is 6.20 Å². The first kappa shape index (κ1) is 9.79. The van der Waals surface area contributed by atoms with Crippen LogP contribution in [-0.2, 0) is 6.54 Å². The van der Waals surface area contributed by atoms with E-state index in [0.717, 1.165) is 0 Å². The normalized spacial score (nSPS) is 10.2. The molecule has 0 radical (unpaired) electrons. The summed E-state index contributed by atoms with van der Waals surface area (Å²) in [7, 11) is 0. The van der Waals surface area contributed by atoms with Gasteiger partial charge in [0.15, 0.2) is 0 Å². The lowest BCUT2D eigenvalue weighted by Crippen LogP contribution is -2.23. The summed E-state index contributed by atoms with van der Waals surface area (Å²) >= 11 is 5.72. The third-order valence-corrected chi connectivity index (χ3v) is 2.11. The third-order valence-electron chi connectivity index (χ3n) is 1.82. The van der Waals surface area contributed by atoms with Crippen LogP contribution in [0.15, 0.2) is 29.0 Å². The zero-order valence-corrected chi connectivity index (χ0v) is 8.41. The fourth-order valence-electron chi connectivity index (χ4n) is 1.10. The van der Waals surface area contributed by atoms with Crippen molar-refractivity contribution in [2.75, 3.05) is 0 Å². The van der Waals surface area contributed by atoms with Crippen LogP contribution in [0.4, 0.5) is 0 Å². The van der Waals surface area contributed by atoms with E-state index in [2.05, 4.69) is 15.5 Å². The van der Waals surface area contributed by atoms with Crippen LogP contribution in [0.5, 0.6) is 0 Å². The molecule has 2 rings (SSSR count). The topological polar surface area (TPSA) is 70.9 Å². The smallest absolute Gasteiger partial charge is 0.271 e. The first-order valence-electron chi connectivity index (χ1n) is 4.27. The summed E-state index contributed by atoms with van der Waals surface area (Å²) in [6.45, 7) is 0.321. The number of aromatic nitrogens is 2. The van der Waals surface area contributed by atoms with E-state index < -0.39 is 0 Å². The van der Waals surface area contributed by atoms with Gasteiger partial charge >= 0.3 is 0 Å². The number of nitrogens with one attached hydrogen (secondary N) is 2. The maximum atomic E-state index is 11.5. The molecule has 0 aliphatic rings. The maximum absolute atomic E-state index is 11.5. The zero-order chi connectivity index (χ0) is 10.7. The second kappa shape index (κ2) is 4.18. The number of H-pyrrole nitrogens is 1. The fourth-order valence-corrected chi connectivity index (χ4v) is 1.28. The quantitative estimate of drug-likeness (QED) is 0.833. The molecule has 0 fully saturated rings. The molecular weight excluding hydrogens is 218 g/mol. The monoisotopic (exact) mass is 225 g/mol. The van der Waals surface area contributed by atoms with E-state index in [-0.39, 0.29) is 11.6 Å². The van der Waals surface area contributed by atoms with Gasteiger partial charge in [-0.25, -0.2) is 0 Å². The number of rotatable bonds is 3. The van der Waals surface area contributed by atoms with Crippen molar-refractivity contribution < 1.29 is 9.21 Å². The number of hydrogen-bond donors (Lipinski definition) is 2. The molecule has 2 heterocycles. The van der Waals surface area contributed by atoms with Crippen LogP contribution in [0, 0.1) is 0 Å². The number of halogens is 1. The molecule has 0 atom stereocenters. The Morgan fingerprint density at radius 1 is 1.67 bits per heavy atom. The number of furan rings is 1. The molecule has 15 heavy (non-hydrogen) atoms. The lowest BCUT2D eigenvalue weighted by atomic mass is 10.4. The molecule has 1 amide bonds. The Balaban J connectivity index is 1.96. The fraction of sp³-hybridized carbons (Fsp3) is 0.111. The highest BCUT2D eigenvalue weighted by atomic mass is 35.5. The van der Waals surface area contributed by atoms with Gasteiger partial charge in [-0.15, -0.1) is 0 Å². The van der Waals surface area contributed by atoms with Crippen molar-refractivity contribution in [1.82, 2.24) is 15.5 Å². The molecule has 0 spiro atoms. The highest BCUT2D eigenvalue weighted by molar-refractivity contribution is 6.33. The van der Waals surface area contributed by atoms with Crippen LogP contribution in [0.2, 0.25) is 5.02 Å². The first-order valence-corrected chi connectivity index (χ1v) is 4.64. The Morgan fingerprint density at radius 3 is 3.13 bits per heavy atom. The average molecular weight is 226 g/mol. The molecule has 2 aromatic heterocycles. The van der Waals surface area contributed by atoms with E-state index >= 15 is 0 Å². The van der Waals surface area contributed by atoms with E-state index in [4.69, 9.17) is 16.0 Å². The van der Waals surface area contributed by atoms with Gasteiger partial charge in [0.2, 0.25) is 0 Å². The van der Waals surface area contributed by atoms with Crippen LogP contribution >= 0.6 is 11.6 Å². The minimum absolute atomic E-state index is 0.253. The number of aromatic amines is 1. The second-order valence-corrected chi connectivity index (χ2v) is 3.26. The molecule has 0 bridgehead atoms. The lowest BCUT2D eigenvalue weighted by molar-refractivity contribution is 0.0943. The van der Waals surface area contributed by atoms with Crippen molar-refractivity contribution in [1.29, 1.82) is 0 Å². The molecule has 0 aromatic carbocycles. The van der Waals surface area contributed by atoms with Crippen LogP contribution in [0.25, 0.3) is 0 Å². The molecule has 0 unspecified atom stereocenters. The van der Waals surface area contributed by atoms with Crippen molar-refractivity contribution >= 4 is 17.5 Å². The van der Waals surface area contributed by atoms with E-state index in [1.54, 1.807) is 18.4 Å². The summed E-state index contributed by atoms with van der Waals surface area (Å²) in [4.78, 5) is 11.5. The van der Waals surface area contributed by atoms with Gasteiger partial charge in [0.1, 0.15) is 11.5 Å². The summed E-state index contributed by atoms with van der Waals surface area (Å²) in [6, 6.07) is 3.53. The predicted octanol–water partition coefficient (Wildman–Crippen LogP) is 1.59. The van der Waals surface area contributed by atoms with Crippen LogP contribution in [0.1, 0.15) is 16.2 Å². The Kier molecular flexibility index (Phi) is 2.73. The van der Waals surface area contributed by atoms with Crippen molar-refractivity contribution in [3.63, 3.8) is 0 Å². The SMILES string of the molecule is O=C(NCc1ccco1)c1[nH]ncc1Cl.